The zero-order valence-electron chi connectivity index (χ0n) is 13.3. The van der Waals surface area contributed by atoms with Gasteiger partial charge in [-0.05, 0) is 37.6 Å². The first-order chi connectivity index (χ1) is 11.1. The van der Waals surface area contributed by atoms with Crippen molar-refractivity contribution in [2.24, 2.45) is 0 Å². The SMILES string of the molecule is CCOC(=O)c1cc(CC)sc1NC(=O)c1cccc(OC)c1. The molecule has 0 radical (unpaired) electrons. The highest BCUT2D eigenvalue weighted by Gasteiger charge is 2.19. The molecule has 122 valence electrons. The van der Waals surface area contributed by atoms with E-state index in [1.807, 2.05) is 6.92 Å². The van der Waals surface area contributed by atoms with E-state index in [1.165, 1.54) is 11.3 Å². The summed E-state index contributed by atoms with van der Waals surface area (Å²) in [6.45, 7) is 4.04. The van der Waals surface area contributed by atoms with Gasteiger partial charge in [-0.15, -0.1) is 11.3 Å². The molecule has 6 heteroatoms. The van der Waals surface area contributed by atoms with Gasteiger partial charge in [0.2, 0.25) is 0 Å². The normalized spacial score (nSPS) is 10.2. The third-order valence-corrected chi connectivity index (χ3v) is 4.38. The fourth-order valence-electron chi connectivity index (χ4n) is 2.01. The van der Waals surface area contributed by atoms with Crippen molar-refractivity contribution in [1.29, 1.82) is 0 Å². The van der Waals surface area contributed by atoms with Crippen molar-refractivity contribution in [1.82, 2.24) is 0 Å². The lowest BCUT2D eigenvalue weighted by Crippen LogP contribution is -2.14. The molecule has 23 heavy (non-hydrogen) atoms. The van der Waals surface area contributed by atoms with Crippen LogP contribution in [-0.4, -0.2) is 25.6 Å². The minimum Gasteiger partial charge on any atom is -0.497 e. The number of aryl methyl sites for hydroxylation is 1. The van der Waals surface area contributed by atoms with E-state index in [9.17, 15) is 9.59 Å². The van der Waals surface area contributed by atoms with Gasteiger partial charge < -0.3 is 14.8 Å². The highest BCUT2D eigenvalue weighted by molar-refractivity contribution is 7.16. The number of ether oxygens (including phenoxy) is 2. The Hall–Kier alpha value is -2.34. The molecule has 0 aliphatic heterocycles. The van der Waals surface area contributed by atoms with Gasteiger partial charge in [0, 0.05) is 10.4 Å². The number of thiophene rings is 1. The maximum Gasteiger partial charge on any atom is 0.341 e. The Kier molecular flexibility index (Phi) is 5.76. The zero-order valence-corrected chi connectivity index (χ0v) is 14.2. The van der Waals surface area contributed by atoms with Crippen molar-refractivity contribution in [2.75, 3.05) is 19.0 Å². The second-order valence-corrected chi connectivity index (χ2v) is 5.85. The Labute approximate surface area is 139 Å². The Balaban J connectivity index is 2.25. The first-order valence-electron chi connectivity index (χ1n) is 7.34. The van der Waals surface area contributed by atoms with Crippen molar-refractivity contribution in [2.45, 2.75) is 20.3 Å². The van der Waals surface area contributed by atoms with Crippen LogP contribution in [0.15, 0.2) is 30.3 Å². The zero-order chi connectivity index (χ0) is 16.8. The topological polar surface area (TPSA) is 64.6 Å². The Morgan fingerprint density at radius 2 is 2.00 bits per heavy atom. The number of methoxy groups -OCH3 is 1. The molecule has 0 saturated carbocycles. The van der Waals surface area contributed by atoms with E-state index in [4.69, 9.17) is 9.47 Å². The molecule has 1 heterocycles. The first kappa shape index (κ1) is 17.0. The molecule has 0 atom stereocenters. The van der Waals surface area contributed by atoms with Gasteiger partial charge in [0.05, 0.1) is 19.3 Å². The van der Waals surface area contributed by atoms with Gasteiger partial charge in [0.1, 0.15) is 10.8 Å². The maximum absolute atomic E-state index is 12.4. The number of anilines is 1. The maximum atomic E-state index is 12.4. The summed E-state index contributed by atoms with van der Waals surface area (Å²) in [5.41, 5.74) is 0.857. The molecule has 1 aromatic carbocycles. The number of amides is 1. The molecule has 1 aromatic heterocycles. The highest BCUT2D eigenvalue weighted by atomic mass is 32.1. The van der Waals surface area contributed by atoms with Gasteiger partial charge in [0.25, 0.3) is 5.91 Å². The summed E-state index contributed by atoms with van der Waals surface area (Å²) >= 11 is 1.38. The monoisotopic (exact) mass is 333 g/mol. The van der Waals surface area contributed by atoms with Gasteiger partial charge in [-0.2, -0.15) is 0 Å². The standard InChI is InChI=1S/C17H19NO4S/c1-4-13-10-14(17(20)22-5-2)16(23-13)18-15(19)11-7-6-8-12(9-11)21-3/h6-10H,4-5H2,1-3H3,(H,18,19). The van der Waals surface area contributed by atoms with Gasteiger partial charge in [-0.3, -0.25) is 4.79 Å². The second kappa shape index (κ2) is 7.78. The van der Waals surface area contributed by atoms with E-state index in [2.05, 4.69) is 5.32 Å². The number of carbonyl (C=O) groups is 2. The van der Waals surface area contributed by atoms with Gasteiger partial charge in [-0.25, -0.2) is 4.79 Å². The molecule has 0 aliphatic rings. The summed E-state index contributed by atoms with van der Waals surface area (Å²) in [5, 5.41) is 3.30. The predicted molar refractivity (Wildman–Crippen MR) is 90.6 cm³/mol. The molecule has 5 nitrogen and oxygen atoms in total. The van der Waals surface area contributed by atoms with Crippen LogP contribution in [0.3, 0.4) is 0 Å². The fraction of sp³-hybridized carbons (Fsp3) is 0.294. The molecular weight excluding hydrogens is 314 g/mol. The van der Waals surface area contributed by atoms with Crippen LogP contribution in [0.1, 0.15) is 39.4 Å². The van der Waals surface area contributed by atoms with Crippen LogP contribution in [0.2, 0.25) is 0 Å². The van der Waals surface area contributed by atoms with Crippen molar-refractivity contribution in [3.8, 4) is 5.75 Å². The average Bonchev–Trinajstić information content (AvgIpc) is 2.98. The lowest BCUT2D eigenvalue weighted by molar-refractivity contribution is 0.0528. The van der Waals surface area contributed by atoms with Crippen LogP contribution in [0, 0.1) is 0 Å². The van der Waals surface area contributed by atoms with E-state index in [0.29, 0.717) is 28.5 Å². The third-order valence-electron chi connectivity index (χ3n) is 3.19. The van der Waals surface area contributed by atoms with E-state index in [-0.39, 0.29) is 5.91 Å². The molecular formula is C17H19NO4S. The van der Waals surface area contributed by atoms with Crippen LogP contribution in [-0.2, 0) is 11.2 Å². The van der Waals surface area contributed by atoms with Crippen LogP contribution in [0.5, 0.6) is 5.75 Å². The first-order valence-corrected chi connectivity index (χ1v) is 8.15. The van der Waals surface area contributed by atoms with Crippen molar-refractivity contribution in [3.05, 3.63) is 46.3 Å². The van der Waals surface area contributed by atoms with Crippen LogP contribution in [0.25, 0.3) is 0 Å². The average molecular weight is 333 g/mol. The molecule has 0 fully saturated rings. The lowest BCUT2D eigenvalue weighted by atomic mass is 10.2. The summed E-state index contributed by atoms with van der Waals surface area (Å²) in [5.74, 6) is -0.118. The number of hydrogen-bond acceptors (Lipinski definition) is 5. The summed E-state index contributed by atoms with van der Waals surface area (Å²) in [7, 11) is 1.54. The van der Waals surface area contributed by atoms with Gasteiger partial charge in [0.15, 0.2) is 0 Å². The number of nitrogens with one attached hydrogen (secondary N) is 1. The summed E-state index contributed by atoms with van der Waals surface area (Å²) in [6, 6.07) is 8.61. The Morgan fingerprint density at radius 3 is 2.65 bits per heavy atom. The van der Waals surface area contributed by atoms with Crippen molar-refractivity contribution >= 4 is 28.2 Å². The largest absolute Gasteiger partial charge is 0.497 e. The molecule has 0 unspecified atom stereocenters. The molecule has 1 amide bonds. The number of rotatable bonds is 6. The van der Waals surface area contributed by atoms with Gasteiger partial charge >= 0.3 is 5.97 Å². The molecule has 2 aromatic rings. The van der Waals surface area contributed by atoms with Crippen molar-refractivity contribution < 1.29 is 19.1 Å². The quantitative estimate of drug-likeness (QED) is 0.818. The number of hydrogen-bond donors (Lipinski definition) is 1. The molecule has 2 rings (SSSR count). The molecule has 1 N–H and O–H groups in total. The highest BCUT2D eigenvalue weighted by Crippen LogP contribution is 2.30. The van der Waals surface area contributed by atoms with Crippen LogP contribution < -0.4 is 10.1 Å². The van der Waals surface area contributed by atoms with Gasteiger partial charge in [-0.1, -0.05) is 13.0 Å². The minimum absolute atomic E-state index is 0.291. The van der Waals surface area contributed by atoms with E-state index in [0.717, 1.165) is 11.3 Å². The smallest absolute Gasteiger partial charge is 0.341 e. The van der Waals surface area contributed by atoms with Crippen LogP contribution >= 0.6 is 11.3 Å². The number of benzene rings is 1. The van der Waals surface area contributed by atoms with Crippen LogP contribution in [0.4, 0.5) is 5.00 Å². The van der Waals surface area contributed by atoms with E-state index < -0.39 is 5.97 Å². The molecule has 0 spiro atoms. The molecule has 0 saturated heterocycles. The van der Waals surface area contributed by atoms with E-state index >= 15 is 0 Å². The second-order valence-electron chi connectivity index (χ2n) is 4.72. The summed E-state index contributed by atoms with van der Waals surface area (Å²) < 4.78 is 10.2. The third kappa shape index (κ3) is 4.10. The summed E-state index contributed by atoms with van der Waals surface area (Å²) in [6.07, 6.45) is 0.784. The minimum atomic E-state index is -0.426. The molecule has 0 bridgehead atoms. The number of carbonyl (C=O) groups excluding carboxylic acids is 2. The van der Waals surface area contributed by atoms with Crippen molar-refractivity contribution in [3.63, 3.8) is 0 Å². The Bertz CT molecular complexity index is 708. The summed E-state index contributed by atoms with van der Waals surface area (Å²) in [4.78, 5) is 25.4. The predicted octanol–water partition coefficient (Wildman–Crippen LogP) is 3.75. The van der Waals surface area contributed by atoms with E-state index in [1.54, 1.807) is 44.4 Å². The lowest BCUT2D eigenvalue weighted by Gasteiger charge is -2.07. The molecule has 0 aliphatic carbocycles. The Morgan fingerprint density at radius 1 is 1.22 bits per heavy atom. The fourth-order valence-corrected chi connectivity index (χ4v) is 2.99. The number of esters is 1.